The summed E-state index contributed by atoms with van der Waals surface area (Å²) in [6.45, 7) is 5.20. The van der Waals surface area contributed by atoms with Gasteiger partial charge in [0.2, 0.25) is 0 Å². The van der Waals surface area contributed by atoms with Crippen LogP contribution < -0.4 is 5.32 Å². The van der Waals surface area contributed by atoms with Gasteiger partial charge in [-0.15, -0.1) is 0 Å². The molecule has 3 rings (SSSR count). The molecule has 0 aliphatic heterocycles. The summed E-state index contributed by atoms with van der Waals surface area (Å²) in [6, 6.07) is 6.85. The number of hydrogen-bond acceptors (Lipinski definition) is 2. The number of fused-ring (bicyclic) bond motifs is 1. The van der Waals surface area contributed by atoms with E-state index in [1.54, 1.807) is 6.07 Å². The van der Waals surface area contributed by atoms with Gasteiger partial charge in [-0.3, -0.25) is 0 Å². The molecular formula is C17H24N2O. The van der Waals surface area contributed by atoms with Gasteiger partial charge in [-0.25, -0.2) is 0 Å². The van der Waals surface area contributed by atoms with E-state index in [-0.39, 0.29) is 0 Å². The maximum atomic E-state index is 10.2. The number of rotatable bonds is 4. The van der Waals surface area contributed by atoms with Crippen molar-refractivity contribution in [1.82, 2.24) is 9.88 Å². The third kappa shape index (κ3) is 2.42. The topological polar surface area (TPSA) is 37.2 Å². The lowest BCUT2D eigenvalue weighted by atomic mass is 10.1. The van der Waals surface area contributed by atoms with Crippen LogP contribution in [-0.4, -0.2) is 15.7 Å². The van der Waals surface area contributed by atoms with Crippen LogP contribution in [0.1, 0.15) is 51.1 Å². The molecule has 0 spiro atoms. The van der Waals surface area contributed by atoms with E-state index in [2.05, 4.69) is 36.0 Å². The van der Waals surface area contributed by atoms with Crippen LogP contribution in [0, 0.1) is 0 Å². The molecular weight excluding hydrogens is 248 g/mol. The first kappa shape index (κ1) is 13.5. The van der Waals surface area contributed by atoms with Crippen LogP contribution in [0.4, 0.5) is 0 Å². The van der Waals surface area contributed by atoms with Crippen molar-refractivity contribution in [2.24, 2.45) is 0 Å². The Morgan fingerprint density at radius 2 is 2.05 bits per heavy atom. The fraction of sp³-hybridized carbons (Fsp3) is 0.529. The molecule has 108 valence electrons. The summed E-state index contributed by atoms with van der Waals surface area (Å²) in [5, 5.41) is 14.8. The normalized spacial score (nSPS) is 16.6. The van der Waals surface area contributed by atoms with Crippen LogP contribution >= 0.6 is 0 Å². The second kappa shape index (κ2) is 5.49. The Hall–Kier alpha value is -1.48. The second-order valence-electron chi connectivity index (χ2n) is 6.19. The monoisotopic (exact) mass is 272 g/mol. The van der Waals surface area contributed by atoms with Crippen molar-refractivity contribution in [2.45, 2.75) is 58.2 Å². The average Bonchev–Trinajstić information content (AvgIpc) is 3.04. The van der Waals surface area contributed by atoms with Gasteiger partial charge in [0.05, 0.1) is 5.52 Å². The summed E-state index contributed by atoms with van der Waals surface area (Å²) in [5.41, 5.74) is 2.34. The Labute approximate surface area is 120 Å². The molecule has 0 radical (unpaired) electrons. The van der Waals surface area contributed by atoms with Crippen LogP contribution in [0.2, 0.25) is 0 Å². The molecule has 0 amide bonds. The lowest BCUT2D eigenvalue weighted by molar-refractivity contribution is 0.480. The zero-order valence-corrected chi connectivity index (χ0v) is 12.4. The third-order valence-electron chi connectivity index (χ3n) is 4.41. The predicted molar refractivity (Wildman–Crippen MR) is 83.1 cm³/mol. The van der Waals surface area contributed by atoms with E-state index >= 15 is 0 Å². The van der Waals surface area contributed by atoms with E-state index in [0.717, 1.165) is 17.4 Å². The molecule has 3 heteroatoms. The van der Waals surface area contributed by atoms with Crippen LogP contribution in [-0.2, 0) is 6.54 Å². The molecule has 0 bridgehead atoms. The van der Waals surface area contributed by atoms with E-state index in [4.69, 9.17) is 0 Å². The molecule has 2 N–H and O–H groups in total. The summed E-state index contributed by atoms with van der Waals surface area (Å²) in [7, 11) is 0. The van der Waals surface area contributed by atoms with E-state index < -0.39 is 0 Å². The largest absolute Gasteiger partial charge is 0.507 e. The number of benzene rings is 1. The average molecular weight is 272 g/mol. The van der Waals surface area contributed by atoms with Crippen molar-refractivity contribution in [2.75, 3.05) is 0 Å². The number of hydrogen-bond donors (Lipinski definition) is 2. The van der Waals surface area contributed by atoms with E-state index in [1.807, 2.05) is 6.07 Å². The highest BCUT2D eigenvalue weighted by atomic mass is 16.3. The van der Waals surface area contributed by atoms with Gasteiger partial charge in [0.25, 0.3) is 0 Å². The Morgan fingerprint density at radius 1 is 1.30 bits per heavy atom. The molecule has 1 saturated carbocycles. The highest BCUT2D eigenvalue weighted by Gasteiger charge is 2.17. The molecule has 1 heterocycles. The van der Waals surface area contributed by atoms with E-state index in [1.165, 1.54) is 31.2 Å². The van der Waals surface area contributed by atoms with Crippen molar-refractivity contribution in [3.8, 4) is 5.75 Å². The van der Waals surface area contributed by atoms with Crippen molar-refractivity contribution in [3.63, 3.8) is 0 Å². The van der Waals surface area contributed by atoms with Gasteiger partial charge in [0.15, 0.2) is 0 Å². The first-order valence-electron chi connectivity index (χ1n) is 7.71. The fourth-order valence-corrected chi connectivity index (χ4v) is 3.32. The zero-order valence-electron chi connectivity index (χ0n) is 12.4. The Morgan fingerprint density at radius 3 is 2.75 bits per heavy atom. The molecule has 1 aliphatic rings. The minimum absolute atomic E-state index is 0.394. The third-order valence-corrected chi connectivity index (χ3v) is 4.41. The SMILES string of the molecule is CC(C)n1cc(CNC2CCCC2)c2c(O)cccc21. The van der Waals surface area contributed by atoms with Gasteiger partial charge in [-0.05, 0) is 44.4 Å². The van der Waals surface area contributed by atoms with Crippen molar-refractivity contribution >= 4 is 10.9 Å². The highest BCUT2D eigenvalue weighted by molar-refractivity contribution is 5.89. The van der Waals surface area contributed by atoms with Crippen molar-refractivity contribution in [3.05, 3.63) is 30.0 Å². The van der Waals surface area contributed by atoms with Crippen LogP contribution in [0.5, 0.6) is 5.75 Å². The molecule has 1 fully saturated rings. The zero-order chi connectivity index (χ0) is 14.1. The van der Waals surface area contributed by atoms with E-state index in [0.29, 0.717) is 17.8 Å². The van der Waals surface area contributed by atoms with Crippen molar-refractivity contribution < 1.29 is 5.11 Å². The van der Waals surface area contributed by atoms with Crippen LogP contribution in [0.25, 0.3) is 10.9 Å². The summed E-state index contributed by atoms with van der Waals surface area (Å²) in [5.74, 6) is 0.394. The molecule has 2 aromatic rings. The maximum absolute atomic E-state index is 10.2. The summed E-state index contributed by atoms with van der Waals surface area (Å²) in [6.07, 6.45) is 7.45. The molecule has 0 atom stereocenters. The lowest BCUT2D eigenvalue weighted by Gasteiger charge is -2.11. The molecule has 20 heavy (non-hydrogen) atoms. The number of nitrogens with one attached hydrogen (secondary N) is 1. The molecule has 1 aromatic heterocycles. The number of phenols is 1. The highest BCUT2D eigenvalue weighted by Crippen LogP contribution is 2.32. The van der Waals surface area contributed by atoms with Crippen LogP contribution in [0.3, 0.4) is 0 Å². The summed E-state index contributed by atoms with van der Waals surface area (Å²) in [4.78, 5) is 0. The van der Waals surface area contributed by atoms with Gasteiger partial charge in [-0.2, -0.15) is 0 Å². The number of phenolic OH excluding ortho intramolecular Hbond substituents is 1. The minimum atomic E-state index is 0.394. The fourth-order valence-electron chi connectivity index (χ4n) is 3.32. The van der Waals surface area contributed by atoms with Gasteiger partial charge < -0.3 is 15.0 Å². The minimum Gasteiger partial charge on any atom is -0.507 e. The smallest absolute Gasteiger partial charge is 0.125 e. The van der Waals surface area contributed by atoms with Gasteiger partial charge in [0.1, 0.15) is 5.75 Å². The predicted octanol–water partition coefficient (Wildman–Crippen LogP) is 3.96. The van der Waals surface area contributed by atoms with Gasteiger partial charge >= 0.3 is 0 Å². The number of nitrogens with zero attached hydrogens (tertiary/aromatic N) is 1. The number of aromatic hydroxyl groups is 1. The standard InChI is InChI=1S/C17H24N2O/c1-12(2)19-11-13(10-18-14-6-3-4-7-14)17-15(19)8-5-9-16(17)20/h5,8-9,11-12,14,18,20H,3-4,6-7,10H2,1-2H3. The molecule has 0 unspecified atom stereocenters. The summed E-state index contributed by atoms with van der Waals surface area (Å²) < 4.78 is 2.25. The van der Waals surface area contributed by atoms with Gasteiger partial charge in [0, 0.05) is 30.2 Å². The Kier molecular flexibility index (Phi) is 3.70. The molecule has 3 nitrogen and oxygen atoms in total. The van der Waals surface area contributed by atoms with Crippen LogP contribution in [0.15, 0.2) is 24.4 Å². The van der Waals surface area contributed by atoms with E-state index in [9.17, 15) is 5.11 Å². The number of aromatic nitrogens is 1. The Balaban J connectivity index is 1.92. The van der Waals surface area contributed by atoms with Crippen molar-refractivity contribution in [1.29, 1.82) is 0 Å². The first-order chi connectivity index (χ1) is 9.66. The summed E-state index contributed by atoms with van der Waals surface area (Å²) >= 11 is 0. The molecule has 0 saturated heterocycles. The first-order valence-corrected chi connectivity index (χ1v) is 7.71. The molecule has 1 aromatic carbocycles. The van der Waals surface area contributed by atoms with Gasteiger partial charge in [-0.1, -0.05) is 18.9 Å². The second-order valence-corrected chi connectivity index (χ2v) is 6.19. The quantitative estimate of drug-likeness (QED) is 0.884. The lowest BCUT2D eigenvalue weighted by Crippen LogP contribution is -2.25. The molecule has 1 aliphatic carbocycles. The maximum Gasteiger partial charge on any atom is 0.125 e. The Bertz CT molecular complexity index is 594.